The number of amides is 1. The van der Waals surface area contributed by atoms with Gasteiger partial charge in [-0.1, -0.05) is 26.7 Å². The minimum Gasteiger partial charge on any atom is -0.300 e. The van der Waals surface area contributed by atoms with E-state index in [2.05, 4.69) is 0 Å². The standard InChI is InChI=1S/C12H23NO3/c1-10(2)9-11(14)7-5-3-4-6-8-12(15)13-16/h10,16H,3-9H2,1-2H3,(H,13,15). The number of unbranched alkanes of at least 4 members (excludes halogenated alkanes) is 3. The molecule has 0 radical (unpaired) electrons. The zero-order valence-corrected chi connectivity index (χ0v) is 10.3. The number of hydrogen-bond acceptors (Lipinski definition) is 3. The maximum atomic E-state index is 11.3. The van der Waals surface area contributed by atoms with Crippen molar-refractivity contribution in [1.29, 1.82) is 0 Å². The second kappa shape index (κ2) is 9.33. The van der Waals surface area contributed by atoms with Crippen molar-refractivity contribution in [2.45, 2.75) is 58.8 Å². The predicted octanol–water partition coefficient (Wildman–Crippen LogP) is 2.45. The molecule has 0 aliphatic carbocycles. The van der Waals surface area contributed by atoms with Gasteiger partial charge in [-0.15, -0.1) is 0 Å². The molecule has 0 saturated heterocycles. The highest BCUT2D eigenvalue weighted by molar-refractivity contribution is 5.78. The molecule has 0 aromatic heterocycles. The van der Waals surface area contributed by atoms with E-state index in [1.54, 1.807) is 5.48 Å². The van der Waals surface area contributed by atoms with Gasteiger partial charge in [0.15, 0.2) is 0 Å². The monoisotopic (exact) mass is 229 g/mol. The molecule has 16 heavy (non-hydrogen) atoms. The second-order valence-corrected chi connectivity index (χ2v) is 4.59. The quantitative estimate of drug-likeness (QED) is 0.362. The van der Waals surface area contributed by atoms with Crippen molar-refractivity contribution in [1.82, 2.24) is 5.48 Å². The molecular weight excluding hydrogens is 206 g/mol. The highest BCUT2D eigenvalue weighted by Crippen LogP contribution is 2.09. The van der Waals surface area contributed by atoms with E-state index >= 15 is 0 Å². The summed E-state index contributed by atoms with van der Waals surface area (Å²) in [5.41, 5.74) is 1.60. The topological polar surface area (TPSA) is 66.4 Å². The lowest BCUT2D eigenvalue weighted by atomic mass is 10.0. The third kappa shape index (κ3) is 9.65. The Morgan fingerprint density at radius 1 is 1.06 bits per heavy atom. The minimum absolute atomic E-state index is 0.336. The number of nitrogens with one attached hydrogen (secondary N) is 1. The van der Waals surface area contributed by atoms with Crippen LogP contribution in [0.3, 0.4) is 0 Å². The van der Waals surface area contributed by atoms with Gasteiger partial charge in [0.2, 0.25) is 5.91 Å². The lowest BCUT2D eigenvalue weighted by molar-refractivity contribution is -0.129. The van der Waals surface area contributed by atoms with E-state index < -0.39 is 0 Å². The molecule has 0 aromatic rings. The van der Waals surface area contributed by atoms with Crippen molar-refractivity contribution in [3.05, 3.63) is 0 Å². The van der Waals surface area contributed by atoms with Crippen molar-refractivity contribution in [3.63, 3.8) is 0 Å². The van der Waals surface area contributed by atoms with Crippen LogP contribution in [0.2, 0.25) is 0 Å². The Bertz CT molecular complexity index is 214. The van der Waals surface area contributed by atoms with E-state index in [0.29, 0.717) is 31.0 Å². The van der Waals surface area contributed by atoms with E-state index in [-0.39, 0.29) is 5.91 Å². The number of ketones is 1. The van der Waals surface area contributed by atoms with Crippen LogP contribution >= 0.6 is 0 Å². The molecule has 0 aliphatic heterocycles. The highest BCUT2D eigenvalue weighted by atomic mass is 16.5. The first-order chi connectivity index (χ1) is 7.56. The van der Waals surface area contributed by atoms with Gasteiger partial charge in [0.1, 0.15) is 5.78 Å². The van der Waals surface area contributed by atoms with Crippen molar-refractivity contribution >= 4 is 11.7 Å². The van der Waals surface area contributed by atoms with Crippen LogP contribution in [0, 0.1) is 5.92 Å². The zero-order valence-electron chi connectivity index (χ0n) is 10.3. The molecule has 4 heteroatoms. The summed E-state index contributed by atoms with van der Waals surface area (Å²) in [6.07, 6.45) is 5.27. The predicted molar refractivity (Wildman–Crippen MR) is 62.1 cm³/mol. The SMILES string of the molecule is CC(C)CC(=O)CCCCCCC(=O)NO. The molecule has 0 saturated carbocycles. The Kier molecular flexibility index (Phi) is 8.81. The zero-order chi connectivity index (χ0) is 12.4. The van der Waals surface area contributed by atoms with Gasteiger partial charge in [0.25, 0.3) is 0 Å². The lowest BCUT2D eigenvalue weighted by Gasteiger charge is -2.03. The molecule has 94 valence electrons. The normalized spacial score (nSPS) is 10.5. The summed E-state index contributed by atoms with van der Waals surface area (Å²) in [6, 6.07) is 0. The molecule has 0 spiro atoms. The first kappa shape index (κ1) is 15.1. The van der Waals surface area contributed by atoms with Crippen LogP contribution in [0.25, 0.3) is 0 Å². The second-order valence-electron chi connectivity index (χ2n) is 4.59. The van der Waals surface area contributed by atoms with E-state index in [1.165, 1.54) is 0 Å². The third-order valence-electron chi connectivity index (χ3n) is 2.37. The molecule has 0 unspecified atom stereocenters. The van der Waals surface area contributed by atoms with Crippen LogP contribution in [-0.2, 0) is 9.59 Å². The highest BCUT2D eigenvalue weighted by Gasteiger charge is 2.04. The number of Topliss-reactive ketones (excluding diaryl/α,β-unsaturated/α-hetero) is 1. The summed E-state index contributed by atoms with van der Waals surface area (Å²) in [7, 11) is 0. The molecule has 1 amide bonds. The van der Waals surface area contributed by atoms with E-state index in [4.69, 9.17) is 5.21 Å². The molecule has 0 rings (SSSR count). The van der Waals surface area contributed by atoms with Gasteiger partial charge in [0, 0.05) is 19.3 Å². The first-order valence-electron chi connectivity index (χ1n) is 6.01. The summed E-state index contributed by atoms with van der Waals surface area (Å²) in [5.74, 6) is 0.444. The summed E-state index contributed by atoms with van der Waals surface area (Å²) >= 11 is 0. The van der Waals surface area contributed by atoms with Crippen LogP contribution in [0.1, 0.15) is 58.8 Å². The van der Waals surface area contributed by atoms with Crippen molar-refractivity contribution in [2.75, 3.05) is 0 Å². The maximum Gasteiger partial charge on any atom is 0.243 e. The molecule has 0 aromatic carbocycles. The Hall–Kier alpha value is -0.900. The van der Waals surface area contributed by atoms with E-state index in [9.17, 15) is 9.59 Å². The molecule has 4 nitrogen and oxygen atoms in total. The van der Waals surface area contributed by atoms with Gasteiger partial charge in [-0.3, -0.25) is 14.8 Å². The molecule has 0 aliphatic rings. The number of hydrogen-bond donors (Lipinski definition) is 2. The molecule has 2 N–H and O–H groups in total. The molecule has 0 heterocycles. The number of carbonyl (C=O) groups excluding carboxylic acids is 2. The summed E-state index contributed by atoms with van der Waals surface area (Å²) in [5, 5.41) is 8.25. The first-order valence-corrected chi connectivity index (χ1v) is 6.01. The van der Waals surface area contributed by atoms with Crippen molar-refractivity contribution in [2.24, 2.45) is 5.92 Å². The van der Waals surface area contributed by atoms with Crippen LogP contribution in [0.15, 0.2) is 0 Å². The fourth-order valence-electron chi connectivity index (χ4n) is 1.57. The van der Waals surface area contributed by atoms with Crippen LogP contribution in [0.4, 0.5) is 0 Å². The van der Waals surface area contributed by atoms with Gasteiger partial charge < -0.3 is 0 Å². The van der Waals surface area contributed by atoms with Gasteiger partial charge in [-0.2, -0.15) is 0 Å². The molecular formula is C12H23NO3. The summed E-state index contributed by atoms with van der Waals surface area (Å²) in [4.78, 5) is 22.0. The third-order valence-corrected chi connectivity index (χ3v) is 2.37. The van der Waals surface area contributed by atoms with Gasteiger partial charge >= 0.3 is 0 Å². The van der Waals surface area contributed by atoms with Gasteiger partial charge in [0.05, 0.1) is 0 Å². The van der Waals surface area contributed by atoms with Crippen molar-refractivity contribution < 1.29 is 14.8 Å². The van der Waals surface area contributed by atoms with Gasteiger partial charge in [-0.05, 0) is 18.8 Å². The van der Waals surface area contributed by atoms with E-state index in [1.807, 2.05) is 13.8 Å². The van der Waals surface area contributed by atoms with Crippen LogP contribution in [0.5, 0.6) is 0 Å². The average Bonchev–Trinajstić information content (AvgIpc) is 2.21. The fraction of sp³-hybridized carbons (Fsp3) is 0.833. The Balaban J connectivity index is 3.27. The Labute approximate surface area is 97.4 Å². The average molecular weight is 229 g/mol. The number of carbonyl (C=O) groups is 2. The number of rotatable bonds is 9. The summed E-state index contributed by atoms with van der Waals surface area (Å²) < 4.78 is 0. The fourth-order valence-corrected chi connectivity index (χ4v) is 1.57. The smallest absolute Gasteiger partial charge is 0.243 e. The Morgan fingerprint density at radius 2 is 1.62 bits per heavy atom. The molecule has 0 fully saturated rings. The largest absolute Gasteiger partial charge is 0.300 e. The minimum atomic E-state index is -0.337. The van der Waals surface area contributed by atoms with Crippen molar-refractivity contribution in [3.8, 4) is 0 Å². The van der Waals surface area contributed by atoms with E-state index in [0.717, 1.165) is 25.7 Å². The Morgan fingerprint density at radius 3 is 2.12 bits per heavy atom. The maximum absolute atomic E-state index is 11.3. The van der Waals surface area contributed by atoms with Crippen LogP contribution in [-0.4, -0.2) is 16.9 Å². The molecule has 0 bridgehead atoms. The lowest BCUT2D eigenvalue weighted by Crippen LogP contribution is -2.17. The van der Waals surface area contributed by atoms with Gasteiger partial charge in [-0.25, -0.2) is 5.48 Å². The van der Waals surface area contributed by atoms with Crippen LogP contribution < -0.4 is 5.48 Å². The number of hydroxylamine groups is 1. The summed E-state index contributed by atoms with van der Waals surface area (Å²) in [6.45, 7) is 4.09. The molecule has 0 atom stereocenters.